The lowest BCUT2D eigenvalue weighted by molar-refractivity contribution is -0.117. The van der Waals surface area contributed by atoms with Crippen molar-refractivity contribution in [2.24, 2.45) is 5.92 Å². The molecule has 8 heteroatoms. The highest BCUT2D eigenvalue weighted by Gasteiger charge is 2.34. The van der Waals surface area contributed by atoms with Gasteiger partial charge in [-0.25, -0.2) is 0 Å². The van der Waals surface area contributed by atoms with Gasteiger partial charge in [-0.2, -0.15) is 5.10 Å². The van der Waals surface area contributed by atoms with E-state index in [1.165, 1.54) is 17.5 Å². The van der Waals surface area contributed by atoms with E-state index in [-0.39, 0.29) is 18.4 Å². The maximum Gasteiger partial charge on any atom is 0.246 e. The summed E-state index contributed by atoms with van der Waals surface area (Å²) in [5.74, 6) is 0.992. The summed E-state index contributed by atoms with van der Waals surface area (Å²) in [6.45, 7) is 0.0690. The monoisotopic (exact) mass is 397 g/mol. The number of rotatable bonds is 7. The number of nitrogens with zero attached hydrogens (tertiary/aromatic N) is 2. The number of hydrogen-bond acceptors (Lipinski definition) is 5. The maximum atomic E-state index is 12.4. The van der Waals surface area contributed by atoms with Gasteiger partial charge in [0.25, 0.3) is 0 Å². The Kier molecular flexibility index (Phi) is 5.80. The number of benzene rings is 1. The number of carbonyl (C=O) groups excluding carboxylic acids is 2. The minimum absolute atomic E-state index is 0.0125. The van der Waals surface area contributed by atoms with Gasteiger partial charge in [-0.15, -0.1) is 0 Å². The number of fused-ring (bicyclic) bond motifs is 2. The van der Waals surface area contributed by atoms with Crippen LogP contribution >= 0.6 is 0 Å². The van der Waals surface area contributed by atoms with Gasteiger partial charge in [0.15, 0.2) is 0 Å². The summed E-state index contributed by atoms with van der Waals surface area (Å²) in [5.41, 5.74) is 1.30. The second-order valence-corrected chi connectivity index (χ2v) is 7.93. The fourth-order valence-electron chi connectivity index (χ4n) is 4.35. The molecule has 4 rings (SSSR count). The highest BCUT2D eigenvalue weighted by molar-refractivity contribution is 5.91. The van der Waals surface area contributed by atoms with E-state index < -0.39 is 0 Å². The van der Waals surface area contributed by atoms with Crippen LogP contribution in [0.1, 0.15) is 32.1 Å². The number of amides is 2. The third-order valence-electron chi connectivity index (χ3n) is 5.64. The first-order valence-corrected chi connectivity index (χ1v) is 10.1. The molecular formula is C21H27N5O3. The highest BCUT2D eigenvalue weighted by atomic mass is 16.5. The highest BCUT2D eigenvalue weighted by Crippen LogP contribution is 2.32. The Morgan fingerprint density at radius 3 is 2.48 bits per heavy atom. The Hall–Kier alpha value is -2.87. The van der Waals surface area contributed by atoms with Gasteiger partial charge in [0.2, 0.25) is 11.8 Å². The fourth-order valence-corrected chi connectivity index (χ4v) is 4.35. The Morgan fingerprint density at radius 1 is 1.10 bits per heavy atom. The van der Waals surface area contributed by atoms with Crippen LogP contribution in [0.4, 0.5) is 11.4 Å². The number of piperidine rings is 1. The first-order valence-electron chi connectivity index (χ1n) is 10.1. The summed E-state index contributed by atoms with van der Waals surface area (Å²) in [5, 5.41) is 13.5. The Morgan fingerprint density at radius 2 is 1.79 bits per heavy atom. The quantitative estimate of drug-likeness (QED) is 0.667. The van der Waals surface area contributed by atoms with Crippen molar-refractivity contribution in [2.45, 2.75) is 50.7 Å². The molecule has 0 spiro atoms. The number of ether oxygens (including phenoxy) is 1. The van der Waals surface area contributed by atoms with E-state index in [1.807, 2.05) is 0 Å². The molecular weight excluding hydrogens is 370 g/mol. The van der Waals surface area contributed by atoms with Crippen LogP contribution in [-0.4, -0.2) is 40.8 Å². The molecule has 29 heavy (non-hydrogen) atoms. The van der Waals surface area contributed by atoms with Crippen LogP contribution in [0.2, 0.25) is 0 Å². The SMILES string of the molecule is COc1ccc(NC(=O)Cn2cc(NC(=O)CC3CC4CCC(C3)N4)cn2)cc1. The second-order valence-electron chi connectivity index (χ2n) is 7.93. The van der Waals surface area contributed by atoms with Crippen LogP contribution in [-0.2, 0) is 16.1 Å². The predicted molar refractivity (Wildman–Crippen MR) is 110 cm³/mol. The number of aromatic nitrogens is 2. The molecule has 0 radical (unpaired) electrons. The Labute approximate surface area is 170 Å². The van der Waals surface area contributed by atoms with Crippen molar-refractivity contribution < 1.29 is 14.3 Å². The lowest BCUT2D eigenvalue weighted by Gasteiger charge is -2.28. The number of methoxy groups -OCH3 is 1. The van der Waals surface area contributed by atoms with Crippen molar-refractivity contribution in [2.75, 3.05) is 17.7 Å². The van der Waals surface area contributed by atoms with Crippen molar-refractivity contribution in [3.8, 4) is 5.75 Å². The van der Waals surface area contributed by atoms with E-state index in [2.05, 4.69) is 21.0 Å². The molecule has 8 nitrogen and oxygen atoms in total. The average molecular weight is 397 g/mol. The maximum absolute atomic E-state index is 12.4. The van der Waals surface area contributed by atoms with E-state index in [0.717, 1.165) is 18.6 Å². The molecule has 2 aliphatic heterocycles. The molecule has 3 heterocycles. The van der Waals surface area contributed by atoms with Crippen molar-refractivity contribution in [1.82, 2.24) is 15.1 Å². The number of anilines is 2. The zero-order valence-electron chi connectivity index (χ0n) is 16.6. The molecule has 0 saturated carbocycles. The molecule has 2 fully saturated rings. The van der Waals surface area contributed by atoms with Crippen LogP contribution in [0, 0.1) is 5.92 Å². The van der Waals surface area contributed by atoms with Gasteiger partial charge in [-0.3, -0.25) is 14.3 Å². The molecule has 154 valence electrons. The molecule has 2 amide bonds. The third-order valence-corrected chi connectivity index (χ3v) is 5.64. The Balaban J connectivity index is 1.24. The molecule has 1 aromatic carbocycles. The molecule has 2 atom stereocenters. The van der Waals surface area contributed by atoms with E-state index >= 15 is 0 Å². The van der Waals surface area contributed by atoms with Gasteiger partial charge >= 0.3 is 0 Å². The lowest BCUT2D eigenvalue weighted by atomic mass is 9.89. The lowest BCUT2D eigenvalue weighted by Crippen LogP contribution is -2.39. The zero-order valence-corrected chi connectivity index (χ0v) is 16.6. The Bertz CT molecular complexity index is 851. The van der Waals surface area contributed by atoms with Gasteiger partial charge in [0.05, 0.1) is 19.0 Å². The molecule has 2 unspecified atom stereocenters. The van der Waals surface area contributed by atoms with Crippen LogP contribution in [0.25, 0.3) is 0 Å². The normalized spacial score (nSPS) is 22.9. The van der Waals surface area contributed by atoms with Crippen molar-refractivity contribution in [3.63, 3.8) is 0 Å². The largest absolute Gasteiger partial charge is 0.497 e. The van der Waals surface area contributed by atoms with Crippen LogP contribution in [0.5, 0.6) is 5.75 Å². The number of nitrogens with one attached hydrogen (secondary N) is 3. The minimum atomic E-state index is -0.193. The van der Waals surface area contributed by atoms with Crippen LogP contribution in [0.15, 0.2) is 36.7 Å². The topological polar surface area (TPSA) is 97.3 Å². The summed E-state index contributed by atoms with van der Waals surface area (Å²) >= 11 is 0. The van der Waals surface area contributed by atoms with Gasteiger partial charge in [0.1, 0.15) is 12.3 Å². The summed E-state index contributed by atoms with van der Waals surface area (Å²) in [6.07, 6.45) is 8.41. The molecule has 1 aromatic heterocycles. The number of carbonyl (C=O) groups is 2. The zero-order chi connectivity index (χ0) is 20.2. The molecule has 2 aliphatic rings. The molecule has 2 saturated heterocycles. The van der Waals surface area contributed by atoms with Gasteiger partial charge in [-0.1, -0.05) is 0 Å². The van der Waals surface area contributed by atoms with Crippen LogP contribution in [0.3, 0.4) is 0 Å². The fraction of sp³-hybridized carbons (Fsp3) is 0.476. The summed E-state index contributed by atoms with van der Waals surface area (Å²) in [4.78, 5) is 24.6. The average Bonchev–Trinajstić information content (AvgIpc) is 3.27. The summed E-state index contributed by atoms with van der Waals surface area (Å²) < 4.78 is 6.61. The van der Waals surface area contributed by atoms with Gasteiger partial charge in [0, 0.05) is 30.4 Å². The first-order chi connectivity index (χ1) is 14.1. The molecule has 3 N–H and O–H groups in total. The standard InChI is InChI=1S/C21H27N5O3/c1-29-19-6-4-15(5-7-19)24-21(28)13-26-12-18(11-22-26)25-20(27)10-14-8-16-2-3-17(9-14)23-16/h4-7,11-12,14,16-17,23H,2-3,8-10,13H2,1H3,(H,24,28)(H,25,27). The first kappa shape index (κ1) is 19.4. The van der Waals surface area contributed by atoms with E-state index in [0.29, 0.717) is 35.8 Å². The van der Waals surface area contributed by atoms with Crippen molar-refractivity contribution in [3.05, 3.63) is 36.7 Å². The van der Waals surface area contributed by atoms with Crippen molar-refractivity contribution in [1.29, 1.82) is 0 Å². The predicted octanol–water partition coefficient (Wildman–Crippen LogP) is 2.39. The second kappa shape index (κ2) is 8.65. The number of hydrogen-bond donors (Lipinski definition) is 3. The summed E-state index contributed by atoms with van der Waals surface area (Å²) in [7, 11) is 1.60. The molecule has 2 aromatic rings. The van der Waals surface area contributed by atoms with E-state index in [9.17, 15) is 9.59 Å². The van der Waals surface area contributed by atoms with Gasteiger partial charge in [-0.05, 0) is 55.9 Å². The molecule has 0 aliphatic carbocycles. The summed E-state index contributed by atoms with van der Waals surface area (Å²) in [6, 6.07) is 8.28. The minimum Gasteiger partial charge on any atom is -0.497 e. The van der Waals surface area contributed by atoms with Crippen LogP contribution < -0.4 is 20.7 Å². The van der Waals surface area contributed by atoms with E-state index in [1.54, 1.807) is 43.8 Å². The third kappa shape index (κ3) is 5.14. The smallest absolute Gasteiger partial charge is 0.246 e. The van der Waals surface area contributed by atoms with Crippen molar-refractivity contribution >= 4 is 23.2 Å². The molecule has 2 bridgehead atoms. The van der Waals surface area contributed by atoms with E-state index in [4.69, 9.17) is 4.74 Å². The van der Waals surface area contributed by atoms with Gasteiger partial charge < -0.3 is 20.7 Å².